The highest BCUT2D eigenvalue weighted by atomic mass is 32.1. The molecule has 2 rings (SSSR count). The Kier molecular flexibility index (Phi) is 2.50. The van der Waals surface area contributed by atoms with Gasteiger partial charge in [-0.05, 0) is 24.4 Å². The Morgan fingerprint density at radius 1 is 1.57 bits per heavy atom. The average molecular weight is 204 g/mol. The summed E-state index contributed by atoms with van der Waals surface area (Å²) in [5.74, 6) is 0.951. The van der Waals surface area contributed by atoms with Crippen molar-refractivity contribution in [2.45, 2.75) is 6.92 Å². The van der Waals surface area contributed by atoms with E-state index in [4.69, 9.17) is 0 Å². The number of aromatic nitrogens is 1. The second-order valence-corrected chi connectivity index (χ2v) is 4.25. The van der Waals surface area contributed by atoms with Crippen molar-refractivity contribution in [2.24, 2.45) is 0 Å². The van der Waals surface area contributed by atoms with E-state index in [1.165, 1.54) is 10.1 Å². The molecule has 2 aromatic heterocycles. The SMILES string of the molecule is C=C(C)CNc1nccc2sccc12. The number of pyridine rings is 1. The van der Waals surface area contributed by atoms with Gasteiger partial charge in [0.25, 0.3) is 0 Å². The number of nitrogens with one attached hydrogen (secondary N) is 1. The monoisotopic (exact) mass is 204 g/mol. The molecule has 2 nitrogen and oxygen atoms in total. The van der Waals surface area contributed by atoms with Crippen LogP contribution in [0.5, 0.6) is 0 Å². The summed E-state index contributed by atoms with van der Waals surface area (Å²) in [4.78, 5) is 4.31. The molecule has 0 unspecified atom stereocenters. The smallest absolute Gasteiger partial charge is 0.134 e. The fourth-order valence-electron chi connectivity index (χ4n) is 1.27. The molecule has 1 N–H and O–H groups in total. The molecule has 0 atom stereocenters. The Labute approximate surface area is 87.3 Å². The summed E-state index contributed by atoms with van der Waals surface area (Å²) in [6.45, 7) is 6.63. The zero-order valence-corrected chi connectivity index (χ0v) is 8.90. The van der Waals surface area contributed by atoms with Crippen LogP contribution >= 0.6 is 11.3 Å². The van der Waals surface area contributed by atoms with Crippen LogP contribution in [-0.4, -0.2) is 11.5 Å². The summed E-state index contributed by atoms with van der Waals surface area (Å²) in [5.41, 5.74) is 1.11. The number of rotatable bonds is 3. The molecule has 0 spiro atoms. The normalized spacial score (nSPS) is 10.4. The fraction of sp³-hybridized carbons (Fsp3) is 0.182. The number of hydrogen-bond donors (Lipinski definition) is 1. The van der Waals surface area contributed by atoms with Crippen LogP contribution in [0, 0.1) is 0 Å². The van der Waals surface area contributed by atoms with Crippen LogP contribution in [0.25, 0.3) is 10.1 Å². The lowest BCUT2D eigenvalue weighted by Gasteiger charge is -2.05. The zero-order chi connectivity index (χ0) is 9.97. The van der Waals surface area contributed by atoms with Crippen molar-refractivity contribution in [3.05, 3.63) is 35.9 Å². The standard InChI is InChI=1S/C11H12N2S/c1-8(2)7-13-11-9-4-6-14-10(9)3-5-12-11/h3-6H,1,7H2,2H3,(H,12,13). The summed E-state index contributed by atoms with van der Waals surface area (Å²) in [7, 11) is 0. The lowest BCUT2D eigenvalue weighted by atomic mass is 10.3. The second kappa shape index (κ2) is 3.80. The van der Waals surface area contributed by atoms with Gasteiger partial charge in [0.05, 0.1) is 0 Å². The average Bonchev–Trinajstić information content (AvgIpc) is 2.62. The van der Waals surface area contributed by atoms with Crippen molar-refractivity contribution < 1.29 is 0 Å². The molecule has 0 radical (unpaired) electrons. The maximum Gasteiger partial charge on any atom is 0.134 e. The van der Waals surface area contributed by atoms with E-state index in [2.05, 4.69) is 28.3 Å². The first kappa shape index (κ1) is 9.21. The van der Waals surface area contributed by atoms with E-state index in [1.54, 1.807) is 11.3 Å². The molecule has 14 heavy (non-hydrogen) atoms. The van der Waals surface area contributed by atoms with Gasteiger partial charge in [-0.3, -0.25) is 0 Å². The maximum absolute atomic E-state index is 4.31. The summed E-state index contributed by atoms with van der Waals surface area (Å²) in [6, 6.07) is 4.12. The molecule has 0 aliphatic heterocycles. The second-order valence-electron chi connectivity index (χ2n) is 3.30. The summed E-state index contributed by atoms with van der Waals surface area (Å²) in [6.07, 6.45) is 1.83. The van der Waals surface area contributed by atoms with Gasteiger partial charge in [-0.15, -0.1) is 11.3 Å². The molecule has 0 saturated heterocycles. The largest absolute Gasteiger partial charge is 0.366 e. The molecular formula is C11H12N2S. The van der Waals surface area contributed by atoms with E-state index in [0.29, 0.717) is 0 Å². The summed E-state index contributed by atoms with van der Waals surface area (Å²) < 4.78 is 1.27. The number of hydrogen-bond acceptors (Lipinski definition) is 3. The minimum Gasteiger partial charge on any atom is -0.366 e. The van der Waals surface area contributed by atoms with Gasteiger partial charge < -0.3 is 5.32 Å². The molecule has 0 saturated carbocycles. The van der Waals surface area contributed by atoms with Crippen molar-refractivity contribution in [3.8, 4) is 0 Å². The van der Waals surface area contributed by atoms with Gasteiger partial charge in [0.2, 0.25) is 0 Å². The molecule has 0 aliphatic carbocycles. The lowest BCUT2D eigenvalue weighted by molar-refractivity contribution is 1.18. The molecule has 0 amide bonds. The van der Waals surface area contributed by atoms with E-state index >= 15 is 0 Å². The topological polar surface area (TPSA) is 24.9 Å². The van der Waals surface area contributed by atoms with Crippen LogP contribution in [0.3, 0.4) is 0 Å². The van der Waals surface area contributed by atoms with E-state index in [1.807, 2.05) is 19.2 Å². The molecule has 2 heterocycles. The van der Waals surface area contributed by atoms with Gasteiger partial charge in [-0.2, -0.15) is 0 Å². The van der Waals surface area contributed by atoms with Gasteiger partial charge in [-0.1, -0.05) is 12.2 Å². The van der Waals surface area contributed by atoms with Gasteiger partial charge in [-0.25, -0.2) is 4.98 Å². The number of thiophene rings is 1. The summed E-state index contributed by atoms with van der Waals surface area (Å²) in [5, 5.41) is 6.54. The van der Waals surface area contributed by atoms with Gasteiger partial charge in [0.1, 0.15) is 5.82 Å². The Bertz CT molecular complexity index is 459. The fourth-order valence-corrected chi connectivity index (χ4v) is 2.05. The molecule has 0 aromatic carbocycles. The Balaban J connectivity index is 2.32. The van der Waals surface area contributed by atoms with Crippen molar-refractivity contribution in [3.63, 3.8) is 0 Å². The third kappa shape index (κ3) is 1.77. The first-order valence-electron chi connectivity index (χ1n) is 4.48. The molecule has 2 aromatic rings. The lowest BCUT2D eigenvalue weighted by Crippen LogP contribution is -2.03. The van der Waals surface area contributed by atoms with Crippen molar-refractivity contribution in [2.75, 3.05) is 11.9 Å². The number of fused-ring (bicyclic) bond motifs is 1. The zero-order valence-electron chi connectivity index (χ0n) is 8.08. The Morgan fingerprint density at radius 2 is 2.43 bits per heavy atom. The van der Waals surface area contributed by atoms with Gasteiger partial charge in [0.15, 0.2) is 0 Å². The molecule has 0 bridgehead atoms. The molecular weight excluding hydrogens is 192 g/mol. The van der Waals surface area contributed by atoms with Crippen molar-refractivity contribution in [1.29, 1.82) is 0 Å². The van der Waals surface area contributed by atoms with Crippen LogP contribution in [0.2, 0.25) is 0 Å². The highest BCUT2D eigenvalue weighted by Crippen LogP contribution is 2.25. The van der Waals surface area contributed by atoms with E-state index < -0.39 is 0 Å². The highest BCUT2D eigenvalue weighted by Gasteiger charge is 2.01. The van der Waals surface area contributed by atoms with E-state index in [9.17, 15) is 0 Å². The molecule has 72 valence electrons. The van der Waals surface area contributed by atoms with E-state index in [-0.39, 0.29) is 0 Å². The number of nitrogens with zero attached hydrogens (tertiary/aromatic N) is 1. The maximum atomic E-state index is 4.31. The van der Waals surface area contributed by atoms with Crippen LogP contribution in [0.4, 0.5) is 5.82 Å². The van der Waals surface area contributed by atoms with Gasteiger partial charge in [0, 0.05) is 22.8 Å². The molecule has 3 heteroatoms. The molecule has 0 aliphatic rings. The van der Waals surface area contributed by atoms with Crippen molar-refractivity contribution >= 4 is 27.2 Å². The minimum absolute atomic E-state index is 0.780. The van der Waals surface area contributed by atoms with E-state index in [0.717, 1.165) is 17.9 Å². The van der Waals surface area contributed by atoms with Gasteiger partial charge >= 0.3 is 0 Å². The van der Waals surface area contributed by atoms with Crippen LogP contribution in [0.1, 0.15) is 6.92 Å². The highest BCUT2D eigenvalue weighted by molar-refractivity contribution is 7.17. The first-order chi connectivity index (χ1) is 6.77. The third-order valence-corrected chi connectivity index (χ3v) is 2.82. The first-order valence-corrected chi connectivity index (χ1v) is 5.36. The minimum atomic E-state index is 0.780. The predicted octanol–water partition coefficient (Wildman–Crippen LogP) is 3.28. The number of anilines is 1. The Hall–Kier alpha value is -1.35. The van der Waals surface area contributed by atoms with Crippen LogP contribution in [-0.2, 0) is 0 Å². The predicted molar refractivity (Wildman–Crippen MR) is 62.9 cm³/mol. The third-order valence-electron chi connectivity index (χ3n) is 1.94. The quantitative estimate of drug-likeness (QED) is 0.776. The van der Waals surface area contributed by atoms with Crippen LogP contribution < -0.4 is 5.32 Å². The Morgan fingerprint density at radius 3 is 3.21 bits per heavy atom. The van der Waals surface area contributed by atoms with Crippen molar-refractivity contribution in [1.82, 2.24) is 4.98 Å². The summed E-state index contributed by atoms with van der Waals surface area (Å²) >= 11 is 1.73. The molecule has 0 fully saturated rings. The van der Waals surface area contributed by atoms with Crippen LogP contribution in [0.15, 0.2) is 35.9 Å².